The van der Waals surface area contributed by atoms with Crippen molar-refractivity contribution in [3.63, 3.8) is 0 Å². The summed E-state index contributed by atoms with van der Waals surface area (Å²) in [6, 6.07) is 8.06. The third-order valence-corrected chi connectivity index (χ3v) is 6.69. The van der Waals surface area contributed by atoms with Crippen molar-refractivity contribution in [3.8, 4) is 27.5 Å². The Hall–Kier alpha value is -4.16. The molecule has 0 saturated carbocycles. The number of amides is 2. The molecule has 1 aliphatic carbocycles. The number of methoxy groups -OCH3 is 1. The molecule has 4 aromatic rings. The number of hydrogen-bond acceptors (Lipinski definition) is 8. The van der Waals surface area contributed by atoms with Crippen LogP contribution in [0.3, 0.4) is 0 Å². The Morgan fingerprint density at radius 2 is 2.05 bits per heavy atom. The fraction of sp³-hybridized carbons (Fsp3) is 0.240. The van der Waals surface area contributed by atoms with Gasteiger partial charge in [0.15, 0.2) is 10.9 Å². The fourth-order valence-corrected chi connectivity index (χ4v) is 5.23. The first kappa shape index (κ1) is 24.5. The Morgan fingerprint density at radius 3 is 2.78 bits per heavy atom. The molecule has 12 heteroatoms. The molecule has 0 fully saturated rings. The fourth-order valence-electron chi connectivity index (χ4n) is 4.11. The number of carbonyl (C=O) groups is 2. The Balaban J connectivity index is 1.56. The van der Waals surface area contributed by atoms with Crippen molar-refractivity contribution in [2.75, 3.05) is 31.0 Å². The van der Waals surface area contributed by atoms with E-state index >= 15 is 4.39 Å². The van der Waals surface area contributed by atoms with E-state index in [2.05, 4.69) is 20.6 Å². The van der Waals surface area contributed by atoms with E-state index in [0.717, 1.165) is 21.7 Å². The number of aromatic nitrogens is 4. The summed E-state index contributed by atoms with van der Waals surface area (Å²) in [5.41, 5.74) is 4.43. The number of nitrogens with one attached hydrogen (secondary N) is 2. The molecule has 1 aliphatic rings. The van der Waals surface area contributed by atoms with Crippen LogP contribution in [0.25, 0.3) is 27.5 Å². The second kappa shape index (κ2) is 10.4. The van der Waals surface area contributed by atoms with E-state index in [0.29, 0.717) is 29.4 Å². The minimum Gasteiger partial charge on any atom is -0.447 e. The van der Waals surface area contributed by atoms with Gasteiger partial charge in [0.1, 0.15) is 12.3 Å². The third-order valence-electron chi connectivity index (χ3n) is 5.67. The van der Waals surface area contributed by atoms with Crippen molar-refractivity contribution in [1.29, 1.82) is 0 Å². The van der Waals surface area contributed by atoms with Gasteiger partial charge in [-0.3, -0.25) is 15.1 Å². The van der Waals surface area contributed by atoms with Gasteiger partial charge in [-0.15, -0.1) is 0 Å². The van der Waals surface area contributed by atoms with Crippen LogP contribution in [0.1, 0.15) is 18.2 Å². The van der Waals surface area contributed by atoms with Crippen molar-refractivity contribution in [1.82, 2.24) is 19.7 Å². The van der Waals surface area contributed by atoms with Gasteiger partial charge in [-0.2, -0.15) is 5.10 Å². The van der Waals surface area contributed by atoms with Crippen molar-refractivity contribution < 1.29 is 23.5 Å². The Bertz CT molecular complexity index is 1470. The van der Waals surface area contributed by atoms with Crippen LogP contribution in [0.15, 0.2) is 42.7 Å². The van der Waals surface area contributed by atoms with Gasteiger partial charge >= 0.3 is 6.09 Å². The smallest absolute Gasteiger partial charge is 0.411 e. The molecule has 2 N–H and O–H groups in total. The highest BCUT2D eigenvalue weighted by molar-refractivity contribution is 7.19. The molecule has 1 aromatic carbocycles. The topological polar surface area (TPSA) is 120 Å². The van der Waals surface area contributed by atoms with Crippen LogP contribution in [0.4, 0.5) is 20.0 Å². The molecule has 37 heavy (non-hydrogen) atoms. The number of fused-ring (bicyclic) bond motifs is 3. The van der Waals surface area contributed by atoms with Crippen LogP contribution >= 0.6 is 11.3 Å². The summed E-state index contributed by atoms with van der Waals surface area (Å²) in [6.07, 6.45) is 3.99. The van der Waals surface area contributed by atoms with Crippen molar-refractivity contribution in [2.45, 2.75) is 19.8 Å². The minimum absolute atomic E-state index is 0.0805. The molecule has 5 rings (SSSR count). The van der Waals surface area contributed by atoms with Gasteiger partial charge in [0.25, 0.3) is 0 Å². The van der Waals surface area contributed by atoms with E-state index in [1.807, 2.05) is 12.1 Å². The zero-order valence-electron chi connectivity index (χ0n) is 20.1. The van der Waals surface area contributed by atoms with E-state index in [1.165, 1.54) is 31.4 Å². The molecule has 0 radical (unpaired) electrons. The van der Waals surface area contributed by atoms with Gasteiger partial charge < -0.3 is 14.8 Å². The molecule has 0 atom stereocenters. The summed E-state index contributed by atoms with van der Waals surface area (Å²) in [5, 5.41) is 10.5. The lowest BCUT2D eigenvalue weighted by atomic mass is 9.95. The molecule has 0 spiro atoms. The van der Waals surface area contributed by atoms with E-state index in [9.17, 15) is 9.59 Å². The largest absolute Gasteiger partial charge is 0.447 e. The van der Waals surface area contributed by atoms with Gasteiger partial charge in [0.2, 0.25) is 5.91 Å². The standard InChI is InChI=1S/C25H23FN6O4S/c1-14(33)28-24-30-19-7-6-17-21(15-4-3-9-27-13-15)31-32(22(17)23(19)37-24)20-8-5-16(12-18(20)26)29-25(34)36-11-10-35-2/h3-5,8-9,12-13H,6-7,10-11H2,1-2H3,(H,29,34)(H,28,30,33). The lowest BCUT2D eigenvalue weighted by Gasteiger charge is -2.15. The van der Waals surface area contributed by atoms with E-state index in [1.54, 1.807) is 29.2 Å². The third kappa shape index (κ3) is 5.06. The number of pyridine rings is 1. The summed E-state index contributed by atoms with van der Waals surface area (Å²) in [6.45, 7) is 1.76. The zero-order chi connectivity index (χ0) is 25.9. The molecule has 0 bridgehead atoms. The molecule has 3 heterocycles. The first-order valence-corrected chi connectivity index (χ1v) is 12.3. The number of rotatable bonds is 7. The first-order valence-electron chi connectivity index (χ1n) is 11.5. The number of ether oxygens (including phenoxy) is 2. The number of nitrogens with zero attached hydrogens (tertiary/aromatic N) is 4. The summed E-state index contributed by atoms with van der Waals surface area (Å²) >= 11 is 1.32. The number of thiazole rings is 1. The summed E-state index contributed by atoms with van der Waals surface area (Å²) < 4.78 is 26.9. The second-order valence-electron chi connectivity index (χ2n) is 8.23. The molecule has 3 aromatic heterocycles. The number of hydrogen-bond donors (Lipinski definition) is 2. The lowest BCUT2D eigenvalue weighted by molar-refractivity contribution is -0.114. The predicted molar refractivity (Wildman–Crippen MR) is 136 cm³/mol. The average Bonchev–Trinajstić information content (AvgIpc) is 3.45. The molecular weight excluding hydrogens is 499 g/mol. The molecule has 0 aliphatic heterocycles. The Morgan fingerprint density at radius 1 is 1.19 bits per heavy atom. The maximum absolute atomic E-state index is 15.5. The van der Waals surface area contributed by atoms with Gasteiger partial charge in [0, 0.05) is 43.2 Å². The number of anilines is 2. The molecular formula is C25H23FN6O4S. The first-order chi connectivity index (χ1) is 17.9. The molecule has 2 amide bonds. The number of aryl methyl sites for hydroxylation is 1. The highest BCUT2D eigenvalue weighted by Gasteiger charge is 2.30. The van der Waals surface area contributed by atoms with Gasteiger partial charge in [-0.05, 0) is 43.2 Å². The minimum atomic E-state index is -0.709. The maximum atomic E-state index is 15.5. The van der Waals surface area contributed by atoms with Crippen LogP contribution < -0.4 is 10.6 Å². The van der Waals surface area contributed by atoms with Gasteiger partial charge in [-0.1, -0.05) is 11.3 Å². The quantitative estimate of drug-likeness (QED) is 0.344. The van der Waals surface area contributed by atoms with E-state index < -0.39 is 11.9 Å². The highest BCUT2D eigenvalue weighted by atomic mass is 32.1. The SMILES string of the molecule is COCCOC(=O)Nc1ccc(-n2nc(-c3cccnc3)c3c2-c2sc(NC(C)=O)nc2CC3)c(F)c1. The van der Waals surface area contributed by atoms with Crippen LogP contribution in [0.5, 0.6) is 0 Å². The van der Waals surface area contributed by atoms with Gasteiger partial charge in [0.05, 0.1) is 28.6 Å². The second-order valence-corrected chi connectivity index (χ2v) is 9.22. The summed E-state index contributed by atoms with van der Waals surface area (Å²) in [5.74, 6) is -0.804. The predicted octanol–water partition coefficient (Wildman–Crippen LogP) is 4.45. The summed E-state index contributed by atoms with van der Waals surface area (Å²) in [7, 11) is 1.50. The Labute approximate surface area is 215 Å². The maximum Gasteiger partial charge on any atom is 0.411 e. The monoisotopic (exact) mass is 522 g/mol. The van der Waals surface area contributed by atoms with E-state index in [4.69, 9.17) is 14.6 Å². The van der Waals surface area contributed by atoms with Crippen LogP contribution in [0, 0.1) is 5.82 Å². The number of benzene rings is 1. The Kier molecular flexibility index (Phi) is 6.93. The van der Waals surface area contributed by atoms with Gasteiger partial charge in [-0.25, -0.2) is 18.9 Å². The van der Waals surface area contributed by atoms with Crippen LogP contribution in [-0.2, 0) is 27.1 Å². The average molecular weight is 523 g/mol. The van der Waals surface area contributed by atoms with Crippen molar-refractivity contribution >= 4 is 34.2 Å². The number of carbonyl (C=O) groups excluding carboxylic acids is 2. The normalized spacial score (nSPS) is 12.0. The number of halogens is 1. The molecule has 0 saturated heterocycles. The molecule has 190 valence electrons. The molecule has 10 nitrogen and oxygen atoms in total. The summed E-state index contributed by atoms with van der Waals surface area (Å²) in [4.78, 5) is 33.2. The van der Waals surface area contributed by atoms with Crippen molar-refractivity contribution in [2.24, 2.45) is 0 Å². The lowest BCUT2D eigenvalue weighted by Crippen LogP contribution is -2.16. The highest BCUT2D eigenvalue weighted by Crippen LogP contribution is 2.44. The van der Waals surface area contributed by atoms with Crippen LogP contribution in [0.2, 0.25) is 0 Å². The zero-order valence-corrected chi connectivity index (χ0v) is 20.9. The van der Waals surface area contributed by atoms with Crippen LogP contribution in [-0.4, -0.2) is 52.1 Å². The van der Waals surface area contributed by atoms with Crippen molar-refractivity contribution in [3.05, 3.63) is 59.8 Å². The molecule has 0 unspecified atom stereocenters. The van der Waals surface area contributed by atoms with E-state index in [-0.39, 0.29) is 30.5 Å².